The largest absolute Gasteiger partial charge is 0.245 e. The van der Waals surface area contributed by atoms with Crippen molar-refractivity contribution in [3.63, 3.8) is 0 Å². The normalized spacial score (nSPS) is 10.8. The molecule has 0 atom stereocenters. The Labute approximate surface area is 105 Å². The van der Waals surface area contributed by atoms with Gasteiger partial charge in [-0.1, -0.05) is 42.5 Å². The molecule has 2 aromatic carbocycles. The van der Waals surface area contributed by atoms with Crippen LogP contribution in [0.15, 0.2) is 54.6 Å². The first-order valence-electron chi connectivity index (χ1n) is 5.87. The maximum Gasteiger partial charge on any atom is 0.150 e. The van der Waals surface area contributed by atoms with E-state index in [1.165, 1.54) is 0 Å². The Hall–Kier alpha value is -2.22. The van der Waals surface area contributed by atoms with E-state index in [1.807, 2.05) is 55.5 Å². The molecule has 0 bridgehead atoms. The zero-order valence-electron chi connectivity index (χ0n) is 10.0. The zero-order valence-corrected chi connectivity index (χ0v) is 10.0. The van der Waals surface area contributed by atoms with E-state index < -0.39 is 0 Å². The summed E-state index contributed by atoms with van der Waals surface area (Å²) in [5.74, 6) is -0.275. The van der Waals surface area contributed by atoms with E-state index in [0.29, 0.717) is 5.69 Å². The lowest BCUT2D eigenvalue weighted by atomic mass is 10.0. The maximum atomic E-state index is 14.1. The Kier molecular flexibility index (Phi) is 2.56. The summed E-state index contributed by atoms with van der Waals surface area (Å²) in [7, 11) is 0. The highest BCUT2D eigenvalue weighted by Crippen LogP contribution is 2.26. The van der Waals surface area contributed by atoms with Crippen LogP contribution in [0.1, 0.15) is 5.56 Å². The quantitative estimate of drug-likeness (QED) is 0.613. The summed E-state index contributed by atoms with van der Waals surface area (Å²) in [6.45, 7) is 1.96. The highest BCUT2D eigenvalue weighted by atomic mass is 19.1. The van der Waals surface area contributed by atoms with Crippen molar-refractivity contribution in [2.75, 3.05) is 0 Å². The minimum atomic E-state index is -0.275. The van der Waals surface area contributed by atoms with Gasteiger partial charge in [-0.2, -0.15) is 0 Å². The van der Waals surface area contributed by atoms with E-state index in [4.69, 9.17) is 0 Å². The molecule has 0 saturated heterocycles. The van der Waals surface area contributed by atoms with Crippen molar-refractivity contribution in [1.82, 2.24) is 4.98 Å². The Morgan fingerprint density at radius 2 is 1.67 bits per heavy atom. The molecule has 0 N–H and O–H groups in total. The number of hydrogen-bond acceptors (Lipinski definition) is 1. The van der Waals surface area contributed by atoms with Gasteiger partial charge in [0.05, 0.1) is 5.52 Å². The van der Waals surface area contributed by atoms with Crippen LogP contribution in [0.5, 0.6) is 0 Å². The van der Waals surface area contributed by atoms with Crippen molar-refractivity contribution in [3.8, 4) is 11.3 Å². The molecule has 3 aromatic rings. The number of pyridine rings is 1. The lowest BCUT2D eigenvalue weighted by molar-refractivity contribution is 0.628. The van der Waals surface area contributed by atoms with Crippen LogP contribution in [-0.4, -0.2) is 4.98 Å². The predicted octanol–water partition coefficient (Wildman–Crippen LogP) is 4.35. The van der Waals surface area contributed by atoms with E-state index in [-0.39, 0.29) is 5.82 Å². The molecule has 0 saturated carbocycles. The van der Waals surface area contributed by atoms with Crippen molar-refractivity contribution in [2.45, 2.75) is 6.92 Å². The number of benzene rings is 2. The highest BCUT2D eigenvalue weighted by Gasteiger charge is 2.10. The SMILES string of the molecule is Cc1ccccc1-c1nc2ccccc2cc1F. The monoisotopic (exact) mass is 237 g/mol. The molecule has 0 spiro atoms. The molecular formula is C16H12FN. The topological polar surface area (TPSA) is 12.9 Å². The van der Waals surface area contributed by atoms with Gasteiger partial charge in [0.1, 0.15) is 11.5 Å². The van der Waals surface area contributed by atoms with Crippen LogP contribution in [0, 0.1) is 12.7 Å². The van der Waals surface area contributed by atoms with E-state index in [0.717, 1.165) is 22.0 Å². The number of fused-ring (bicyclic) bond motifs is 1. The third kappa shape index (κ3) is 1.76. The Morgan fingerprint density at radius 3 is 2.50 bits per heavy atom. The second-order valence-electron chi connectivity index (χ2n) is 4.33. The third-order valence-corrected chi connectivity index (χ3v) is 3.08. The summed E-state index contributed by atoms with van der Waals surface area (Å²) in [5, 5.41) is 0.826. The van der Waals surface area contributed by atoms with Crippen molar-refractivity contribution in [3.05, 3.63) is 66.0 Å². The molecule has 0 aliphatic carbocycles. The minimum Gasteiger partial charge on any atom is -0.245 e. The Morgan fingerprint density at radius 1 is 0.944 bits per heavy atom. The van der Waals surface area contributed by atoms with Gasteiger partial charge in [-0.15, -0.1) is 0 Å². The summed E-state index contributed by atoms with van der Waals surface area (Å²) in [5.41, 5.74) is 3.11. The van der Waals surface area contributed by atoms with Gasteiger partial charge in [-0.3, -0.25) is 0 Å². The summed E-state index contributed by atoms with van der Waals surface area (Å²) >= 11 is 0. The van der Waals surface area contributed by atoms with Crippen LogP contribution in [0.25, 0.3) is 22.2 Å². The van der Waals surface area contributed by atoms with Gasteiger partial charge in [0.2, 0.25) is 0 Å². The molecule has 0 radical (unpaired) electrons. The van der Waals surface area contributed by atoms with Crippen LogP contribution < -0.4 is 0 Å². The molecule has 1 aromatic heterocycles. The van der Waals surface area contributed by atoms with Crippen molar-refractivity contribution >= 4 is 10.9 Å². The predicted molar refractivity (Wildman–Crippen MR) is 71.9 cm³/mol. The molecule has 3 rings (SSSR count). The first-order chi connectivity index (χ1) is 8.75. The average Bonchev–Trinajstić information content (AvgIpc) is 2.39. The van der Waals surface area contributed by atoms with Crippen molar-refractivity contribution < 1.29 is 4.39 Å². The maximum absolute atomic E-state index is 14.1. The summed E-state index contributed by atoms with van der Waals surface area (Å²) in [6, 6.07) is 16.8. The first kappa shape index (κ1) is 10.9. The van der Waals surface area contributed by atoms with Gasteiger partial charge in [0, 0.05) is 10.9 Å². The summed E-state index contributed by atoms with van der Waals surface area (Å²) in [6.07, 6.45) is 0. The molecule has 0 fully saturated rings. The van der Waals surface area contributed by atoms with Gasteiger partial charge in [0.25, 0.3) is 0 Å². The van der Waals surface area contributed by atoms with Crippen LogP contribution >= 0.6 is 0 Å². The number of halogens is 1. The minimum absolute atomic E-state index is 0.275. The lowest BCUT2D eigenvalue weighted by Crippen LogP contribution is -1.92. The number of aryl methyl sites for hydroxylation is 1. The first-order valence-corrected chi connectivity index (χ1v) is 5.87. The Balaban J connectivity index is 2.30. The number of aromatic nitrogens is 1. The van der Waals surface area contributed by atoms with E-state index in [2.05, 4.69) is 4.98 Å². The molecule has 88 valence electrons. The summed E-state index contributed by atoms with van der Waals surface area (Å²) < 4.78 is 14.1. The van der Waals surface area contributed by atoms with Crippen molar-refractivity contribution in [2.24, 2.45) is 0 Å². The van der Waals surface area contributed by atoms with Gasteiger partial charge in [-0.05, 0) is 24.6 Å². The highest BCUT2D eigenvalue weighted by molar-refractivity contribution is 5.82. The molecule has 1 nitrogen and oxygen atoms in total. The molecule has 0 aliphatic heterocycles. The average molecular weight is 237 g/mol. The molecule has 1 heterocycles. The van der Waals surface area contributed by atoms with E-state index >= 15 is 0 Å². The number of para-hydroxylation sites is 1. The van der Waals surface area contributed by atoms with Crippen molar-refractivity contribution in [1.29, 1.82) is 0 Å². The van der Waals surface area contributed by atoms with E-state index in [9.17, 15) is 4.39 Å². The van der Waals surface area contributed by atoms with Crippen LogP contribution in [0.2, 0.25) is 0 Å². The molecular weight excluding hydrogens is 225 g/mol. The Bertz CT molecular complexity index is 719. The second-order valence-corrected chi connectivity index (χ2v) is 4.33. The number of hydrogen-bond donors (Lipinski definition) is 0. The molecule has 2 heteroatoms. The smallest absolute Gasteiger partial charge is 0.150 e. The van der Waals surface area contributed by atoms with Crippen LogP contribution in [0.3, 0.4) is 0 Å². The molecule has 18 heavy (non-hydrogen) atoms. The lowest BCUT2D eigenvalue weighted by Gasteiger charge is -2.07. The standard InChI is InChI=1S/C16H12FN/c1-11-6-2-4-8-13(11)16-14(17)10-12-7-3-5-9-15(12)18-16/h2-10H,1H3. The zero-order chi connectivity index (χ0) is 12.5. The van der Waals surface area contributed by atoms with Gasteiger partial charge in [-0.25, -0.2) is 9.37 Å². The van der Waals surface area contributed by atoms with Gasteiger partial charge < -0.3 is 0 Å². The number of nitrogens with zero attached hydrogens (tertiary/aromatic N) is 1. The van der Waals surface area contributed by atoms with E-state index in [1.54, 1.807) is 6.07 Å². The fourth-order valence-corrected chi connectivity index (χ4v) is 2.12. The summed E-state index contributed by atoms with van der Waals surface area (Å²) in [4.78, 5) is 4.43. The fraction of sp³-hybridized carbons (Fsp3) is 0.0625. The molecule has 0 amide bonds. The van der Waals surface area contributed by atoms with Crippen LogP contribution in [0.4, 0.5) is 4.39 Å². The van der Waals surface area contributed by atoms with Crippen LogP contribution in [-0.2, 0) is 0 Å². The fourth-order valence-electron chi connectivity index (χ4n) is 2.12. The third-order valence-electron chi connectivity index (χ3n) is 3.08. The number of rotatable bonds is 1. The molecule has 0 aliphatic rings. The molecule has 0 unspecified atom stereocenters. The van der Waals surface area contributed by atoms with Gasteiger partial charge >= 0.3 is 0 Å². The van der Waals surface area contributed by atoms with Gasteiger partial charge in [0.15, 0.2) is 0 Å². The second kappa shape index (κ2) is 4.22.